The van der Waals surface area contributed by atoms with E-state index in [9.17, 15) is 19.2 Å². The quantitative estimate of drug-likeness (QED) is 0.157. The summed E-state index contributed by atoms with van der Waals surface area (Å²) in [4.78, 5) is 50.5. The van der Waals surface area contributed by atoms with Crippen LogP contribution < -0.4 is 21.3 Å². The lowest BCUT2D eigenvalue weighted by Crippen LogP contribution is -2.31. The summed E-state index contributed by atoms with van der Waals surface area (Å²) in [6, 6.07) is 29.8. The van der Waals surface area contributed by atoms with Crippen molar-refractivity contribution in [2.75, 3.05) is 22.6 Å². The number of anilines is 3. The predicted molar refractivity (Wildman–Crippen MR) is 167 cm³/mol. The van der Waals surface area contributed by atoms with Gasteiger partial charge in [0.15, 0.2) is 0 Å². The number of carbonyl (C=O) groups excluding carboxylic acids is 4. The van der Waals surface area contributed by atoms with Crippen LogP contribution in [0.3, 0.4) is 0 Å². The zero-order valence-electron chi connectivity index (χ0n) is 24.1. The summed E-state index contributed by atoms with van der Waals surface area (Å²) in [6.07, 6.45) is -0.0751. The van der Waals surface area contributed by atoms with Gasteiger partial charge in [-0.15, -0.1) is 0 Å². The number of amides is 4. The van der Waals surface area contributed by atoms with Gasteiger partial charge in [-0.1, -0.05) is 60.7 Å². The minimum atomic E-state index is -0.717. The van der Waals surface area contributed by atoms with Crippen molar-refractivity contribution in [1.82, 2.24) is 5.32 Å². The van der Waals surface area contributed by atoms with E-state index < -0.39 is 11.9 Å². The summed E-state index contributed by atoms with van der Waals surface area (Å²) < 4.78 is 4.99. The molecule has 0 spiro atoms. The highest BCUT2D eigenvalue weighted by Gasteiger charge is 2.24. The monoisotopic (exact) mass is 578 g/mol. The van der Waals surface area contributed by atoms with E-state index in [-0.39, 0.29) is 37.4 Å². The maximum atomic E-state index is 13.3. The Kier molecular flexibility index (Phi) is 10.6. The molecule has 0 aliphatic carbocycles. The molecule has 4 aromatic carbocycles. The van der Waals surface area contributed by atoms with Crippen molar-refractivity contribution in [3.63, 3.8) is 0 Å². The maximum absolute atomic E-state index is 13.3. The van der Waals surface area contributed by atoms with Crippen LogP contribution in [0.5, 0.6) is 0 Å². The molecular weight excluding hydrogens is 544 g/mol. The first-order valence-electron chi connectivity index (χ1n) is 13.9. The molecule has 0 fully saturated rings. The molecule has 43 heavy (non-hydrogen) atoms. The highest BCUT2D eigenvalue weighted by molar-refractivity contribution is 6.00. The van der Waals surface area contributed by atoms with Gasteiger partial charge in [-0.25, -0.2) is 9.59 Å². The number of benzene rings is 4. The number of carbonyl (C=O) groups is 4. The number of ether oxygens (including phenoxy) is 1. The summed E-state index contributed by atoms with van der Waals surface area (Å²) in [5.74, 6) is -1.78. The van der Waals surface area contributed by atoms with E-state index >= 15 is 0 Å². The van der Waals surface area contributed by atoms with Crippen molar-refractivity contribution in [3.05, 3.63) is 125 Å². The van der Waals surface area contributed by atoms with E-state index in [1.54, 1.807) is 43.3 Å². The van der Waals surface area contributed by atoms with Gasteiger partial charge in [0.2, 0.25) is 11.8 Å². The number of urea groups is 1. The summed E-state index contributed by atoms with van der Waals surface area (Å²) in [7, 11) is 0. The molecule has 4 N–H and O–H groups in total. The summed E-state index contributed by atoms with van der Waals surface area (Å²) in [5.41, 5.74) is 4.73. The lowest BCUT2D eigenvalue weighted by atomic mass is 9.94. The van der Waals surface area contributed by atoms with Gasteiger partial charge in [0, 0.05) is 30.0 Å². The lowest BCUT2D eigenvalue weighted by Gasteiger charge is -2.17. The molecule has 4 amide bonds. The van der Waals surface area contributed by atoms with Crippen molar-refractivity contribution >= 4 is 40.9 Å². The number of nitrogens with one attached hydrogen (secondary N) is 4. The Bertz CT molecular complexity index is 1550. The first-order valence-corrected chi connectivity index (χ1v) is 13.9. The average Bonchev–Trinajstić information content (AvgIpc) is 3.01. The van der Waals surface area contributed by atoms with Crippen LogP contribution >= 0.6 is 0 Å². The fourth-order valence-corrected chi connectivity index (χ4v) is 4.36. The van der Waals surface area contributed by atoms with Gasteiger partial charge in [-0.2, -0.15) is 0 Å². The average molecular weight is 579 g/mol. The number of hydrogen-bond acceptors (Lipinski definition) is 5. The van der Waals surface area contributed by atoms with Crippen LogP contribution in [0.25, 0.3) is 0 Å². The van der Waals surface area contributed by atoms with E-state index in [2.05, 4.69) is 21.3 Å². The van der Waals surface area contributed by atoms with E-state index in [0.29, 0.717) is 22.5 Å². The number of esters is 1. The minimum Gasteiger partial charge on any atom is -0.462 e. The highest BCUT2D eigenvalue weighted by Crippen LogP contribution is 2.22. The Hall–Kier alpha value is -5.44. The Morgan fingerprint density at radius 1 is 0.721 bits per heavy atom. The molecule has 4 aromatic rings. The first kappa shape index (κ1) is 30.5. The summed E-state index contributed by atoms with van der Waals surface area (Å²) in [6.45, 7) is 4.17. The number of aryl methyl sites for hydroxylation is 1. The molecule has 1 atom stereocenters. The molecule has 0 aromatic heterocycles. The summed E-state index contributed by atoms with van der Waals surface area (Å²) in [5, 5.41) is 11.4. The largest absolute Gasteiger partial charge is 0.462 e. The van der Waals surface area contributed by atoms with Crippen LogP contribution in [-0.4, -0.2) is 30.4 Å². The summed E-state index contributed by atoms with van der Waals surface area (Å²) >= 11 is 0. The van der Waals surface area contributed by atoms with E-state index in [1.807, 2.05) is 73.7 Å². The Morgan fingerprint density at radius 2 is 1.35 bits per heavy atom. The van der Waals surface area contributed by atoms with Gasteiger partial charge in [-0.05, 0) is 73.0 Å². The maximum Gasteiger partial charge on any atom is 0.338 e. The molecule has 0 heterocycles. The van der Waals surface area contributed by atoms with Gasteiger partial charge >= 0.3 is 12.0 Å². The van der Waals surface area contributed by atoms with E-state index in [4.69, 9.17) is 4.74 Å². The second-order valence-corrected chi connectivity index (χ2v) is 9.82. The van der Waals surface area contributed by atoms with Crippen molar-refractivity contribution < 1.29 is 23.9 Å². The van der Waals surface area contributed by atoms with Crippen LogP contribution in [0.15, 0.2) is 103 Å². The van der Waals surface area contributed by atoms with Crippen LogP contribution in [0, 0.1) is 6.92 Å². The van der Waals surface area contributed by atoms with Gasteiger partial charge in [0.25, 0.3) is 0 Å². The molecular formula is C34H34N4O5. The van der Waals surface area contributed by atoms with Gasteiger partial charge in [0.05, 0.1) is 18.1 Å². The standard InChI is InChI=1S/C34H34N4O5/c1-3-43-33(41)26-15-19-27(20-16-26)36-31(39)21-29(25-10-5-4-6-11-25)32(40)35-22-24-13-17-28(18-14-24)37-34(42)38-30-12-8-7-9-23(30)2/h4-20,29H,3,21-22H2,1-2H3,(H,35,40)(H,36,39)(H2,37,38,42). The Labute approximate surface area is 250 Å². The number of rotatable bonds is 11. The third kappa shape index (κ3) is 9.02. The van der Waals surface area contributed by atoms with Crippen molar-refractivity contribution in [1.29, 1.82) is 0 Å². The minimum absolute atomic E-state index is 0.0751. The SMILES string of the molecule is CCOC(=O)c1ccc(NC(=O)CC(C(=O)NCc2ccc(NC(=O)Nc3ccccc3C)cc2)c2ccccc2)cc1. The molecule has 9 nitrogen and oxygen atoms in total. The third-order valence-electron chi connectivity index (χ3n) is 6.66. The predicted octanol–water partition coefficient (Wildman–Crippen LogP) is 6.24. The topological polar surface area (TPSA) is 126 Å². The Balaban J connectivity index is 1.33. The van der Waals surface area contributed by atoms with Gasteiger partial charge in [-0.3, -0.25) is 9.59 Å². The van der Waals surface area contributed by atoms with Crippen molar-refractivity contribution in [2.24, 2.45) is 0 Å². The Morgan fingerprint density at radius 3 is 2.02 bits per heavy atom. The lowest BCUT2D eigenvalue weighted by molar-refractivity contribution is -0.126. The molecule has 0 aliphatic heterocycles. The molecule has 220 valence electrons. The second-order valence-electron chi connectivity index (χ2n) is 9.82. The van der Waals surface area contributed by atoms with Crippen LogP contribution in [0.1, 0.15) is 46.3 Å². The molecule has 1 unspecified atom stereocenters. The fourth-order valence-electron chi connectivity index (χ4n) is 4.36. The van der Waals surface area contributed by atoms with Crippen LogP contribution in [-0.2, 0) is 20.9 Å². The van der Waals surface area contributed by atoms with Crippen molar-refractivity contribution in [2.45, 2.75) is 32.7 Å². The van der Waals surface area contributed by atoms with E-state index in [0.717, 1.165) is 16.8 Å². The molecule has 0 saturated heterocycles. The van der Waals surface area contributed by atoms with E-state index in [1.165, 1.54) is 0 Å². The smallest absolute Gasteiger partial charge is 0.338 e. The molecule has 0 saturated carbocycles. The van der Waals surface area contributed by atoms with Crippen LogP contribution in [0.4, 0.5) is 21.9 Å². The fraction of sp³-hybridized carbons (Fsp3) is 0.176. The molecule has 0 aliphatic rings. The van der Waals surface area contributed by atoms with Gasteiger partial charge in [0.1, 0.15) is 0 Å². The number of para-hydroxylation sites is 1. The molecule has 9 heteroatoms. The van der Waals surface area contributed by atoms with Crippen molar-refractivity contribution in [3.8, 4) is 0 Å². The first-order chi connectivity index (χ1) is 20.8. The normalized spacial score (nSPS) is 11.1. The van der Waals surface area contributed by atoms with Crippen LogP contribution in [0.2, 0.25) is 0 Å². The van der Waals surface area contributed by atoms with Gasteiger partial charge < -0.3 is 26.0 Å². The second kappa shape index (κ2) is 15.0. The number of hydrogen-bond donors (Lipinski definition) is 4. The third-order valence-corrected chi connectivity index (χ3v) is 6.66. The molecule has 4 rings (SSSR count). The molecule has 0 bridgehead atoms. The molecule has 0 radical (unpaired) electrons. The zero-order chi connectivity index (χ0) is 30.6. The highest BCUT2D eigenvalue weighted by atomic mass is 16.5. The zero-order valence-corrected chi connectivity index (χ0v) is 24.1.